The zero-order chi connectivity index (χ0) is 14.4. The molecule has 1 amide bonds. The summed E-state index contributed by atoms with van der Waals surface area (Å²) in [6.07, 6.45) is 1.91. The van der Waals surface area contributed by atoms with E-state index in [1.807, 2.05) is 11.0 Å². The zero-order valence-corrected chi connectivity index (χ0v) is 15.1. The van der Waals surface area contributed by atoms with Crippen molar-refractivity contribution in [1.29, 1.82) is 0 Å². The topological polar surface area (TPSA) is 20.3 Å². The van der Waals surface area contributed by atoms with E-state index in [2.05, 4.69) is 45.7 Å². The monoisotopic (exact) mass is 409 g/mol. The minimum Gasteiger partial charge on any atom is -0.335 e. The van der Waals surface area contributed by atoms with E-state index in [1.54, 1.807) is 12.1 Å². The molecule has 0 N–H and O–H groups in total. The van der Waals surface area contributed by atoms with Gasteiger partial charge >= 0.3 is 0 Å². The van der Waals surface area contributed by atoms with Gasteiger partial charge in [0.05, 0.1) is 0 Å². The summed E-state index contributed by atoms with van der Waals surface area (Å²) in [6, 6.07) is 5.59. The molecule has 1 rings (SSSR count). The van der Waals surface area contributed by atoms with Crippen LogP contribution in [0, 0.1) is 0 Å². The second kappa shape index (κ2) is 8.28. The van der Waals surface area contributed by atoms with E-state index in [0.717, 1.165) is 22.6 Å². The van der Waals surface area contributed by atoms with E-state index in [1.165, 1.54) is 0 Å². The van der Waals surface area contributed by atoms with E-state index in [0.29, 0.717) is 17.1 Å². The Bertz CT molecular complexity index is 415. The van der Waals surface area contributed by atoms with Gasteiger partial charge in [-0.2, -0.15) is 0 Å². The molecule has 106 valence electrons. The maximum atomic E-state index is 12.6. The standard InChI is InChI=1S/C14H18Br2ClNO/c1-3-13(4-2)18(6-5-15)14(19)10-7-11(16)9-12(17)8-10/h7-9,13H,3-6H2,1-2H3. The zero-order valence-electron chi connectivity index (χ0n) is 11.1. The first-order valence-corrected chi connectivity index (χ1v) is 8.65. The largest absolute Gasteiger partial charge is 0.335 e. The third kappa shape index (κ3) is 4.76. The average Bonchev–Trinajstić information content (AvgIpc) is 2.37. The van der Waals surface area contributed by atoms with Crippen LogP contribution in [-0.2, 0) is 0 Å². The highest BCUT2D eigenvalue weighted by molar-refractivity contribution is 9.10. The Kier molecular flexibility index (Phi) is 7.40. The molecule has 0 saturated carbocycles. The molecule has 0 unspecified atom stereocenters. The molecule has 0 heterocycles. The van der Waals surface area contributed by atoms with E-state index < -0.39 is 0 Å². The molecule has 0 aliphatic rings. The average molecular weight is 412 g/mol. The smallest absolute Gasteiger partial charge is 0.254 e. The van der Waals surface area contributed by atoms with Crippen molar-refractivity contribution in [3.8, 4) is 0 Å². The molecule has 2 nitrogen and oxygen atoms in total. The minimum absolute atomic E-state index is 0.0383. The Balaban J connectivity index is 3.04. The quantitative estimate of drug-likeness (QED) is 0.595. The summed E-state index contributed by atoms with van der Waals surface area (Å²) >= 11 is 12.8. The Morgan fingerprint density at radius 3 is 2.42 bits per heavy atom. The summed E-state index contributed by atoms with van der Waals surface area (Å²) in [7, 11) is 0. The van der Waals surface area contributed by atoms with Crippen molar-refractivity contribution in [3.63, 3.8) is 0 Å². The number of halogens is 3. The van der Waals surface area contributed by atoms with Gasteiger partial charge in [0.15, 0.2) is 0 Å². The van der Waals surface area contributed by atoms with Gasteiger partial charge in [0.2, 0.25) is 0 Å². The number of nitrogens with zero attached hydrogens (tertiary/aromatic N) is 1. The third-order valence-electron chi connectivity index (χ3n) is 3.08. The number of rotatable bonds is 6. The first-order chi connectivity index (χ1) is 9.03. The number of hydrogen-bond acceptors (Lipinski definition) is 1. The molecule has 0 bridgehead atoms. The molecule has 0 spiro atoms. The highest BCUT2D eigenvalue weighted by Gasteiger charge is 2.22. The van der Waals surface area contributed by atoms with Crippen molar-refractivity contribution in [2.75, 3.05) is 11.9 Å². The second-order valence-electron chi connectivity index (χ2n) is 4.32. The van der Waals surface area contributed by atoms with Crippen molar-refractivity contribution in [3.05, 3.63) is 33.3 Å². The van der Waals surface area contributed by atoms with Crippen molar-refractivity contribution >= 4 is 49.4 Å². The van der Waals surface area contributed by atoms with Crippen LogP contribution in [0.2, 0.25) is 5.02 Å². The lowest BCUT2D eigenvalue weighted by Gasteiger charge is -2.30. The maximum Gasteiger partial charge on any atom is 0.254 e. The lowest BCUT2D eigenvalue weighted by molar-refractivity contribution is 0.0683. The van der Waals surface area contributed by atoms with Crippen LogP contribution in [0.1, 0.15) is 37.0 Å². The van der Waals surface area contributed by atoms with Gasteiger partial charge in [-0.3, -0.25) is 4.79 Å². The summed E-state index contributed by atoms with van der Waals surface area (Å²) < 4.78 is 0.826. The number of alkyl halides is 1. The Morgan fingerprint density at radius 2 is 1.95 bits per heavy atom. The fourth-order valence-electron chi connectivity index (χ4n) is 2.11. The Morgan fingerprint density at radius 1 is 1.32 bits per heavy atom. The van der Waals surface area contributed by atoms with Crippen LogP contribution >= 0.6 is 43.5 Å². The number of benzene rings is 1. The van der Waals surface area contributed by atoms with Gasteiger partial charge in [-0.1, -0.05) is 57.3 Å². The van der Waals surface area contributed by atoms with E-state index in [9.17, 15) is 4.79 Å². The van der Waals surface area contributed by atoms with Gasteiger partial charge in [0.1, 0.15) is 0 Å². The summed E-state index contributed by atoms with van der Waals surface area (Å²) in [5.41, 5.74) is 0.632. The number of carbonyl (C=O) groups is 1. The van der Waals surface area contributed by atoms with Gasteiger partial charge in [-0.05, 0) is 31.0 Å². The van der Waals surface area contributed by atoms with Gasteiger partial charge in [-0.25, -0.2) is 0 Å². The van der Waals surface area contributed by atoms with Crippen molar-refractivity contribution < 1.29 is 4.79 Å². The molecule has 5 heteroatoms. The van der Waals surface area contributed by atoms with Gasteiger partial charge < -0.3 is 4.90 Å². The van der Waals surface area contributed by atoms with Gasteiger partial charge in [0.25, 0.3) is 5.91 Å². The van der Waals surface area contributed by atoms with Crippen LogP contribution in [0.3, 0.4) is 0 Å². The summed E-state index contributed by atoms with van der Waals surface area (Å²) in [6.45, 7) is 4.92. The normalized spacial score (nSPS) is 10.8. The predicted octanol–water partition coefficient (Wildman–Crippen LogP) is 5.13. The van der Waals surface area contributed by atoms with Crippen molar-refractivity contribution in [1.82, 2.24) is 4.90 Å². The first kappa shape index (κ1) is 17.0. The molecule has 19 heavy (non-hydrogen) atoms. The highest BCUT2D eigenvalue weighted by atomic mass is 79.9. The third-order valence-corrected chi connectivity index (χ3v) is 4.11. The summed E-state index contributed by atoms with van der Waals surface area (Å²) in [4.78, 5) is 14.5. The highest BCUT2D eigenvalue weighted by Crippen LogP contribution is 2.22. The van der Waals surface area contributed by atoms with E-state index in [-0.39, 0.29) is 11.9 Å². The molecule has 1 aromatic carbocycles. The van der Waals surface area contributed by atoms with Crippen molar-refractivity contribution in [2.24, 2.45) is 0 Å². The number of hydrogen-bond donors (Lipinski definition) is 0. The maximum absolute atomic E-state index is 12.6. The summed E-state index contributed by atoms with van der Waals surface area (Å²) in [5, 5.41) is 1.35. The first-order valence-electron chi connectivity index (χ1n) is 6.36. The molecular weight excluding hydrogens is 393 g/mol. The van der Waals surface area contributed by atoms with Gasteiger partial charge in [0, 0.05) is 33.0 Å². The van der Waals surface area contributed by atoms with Crippen LogP contribution in [0.4, 0.5) is 0 Å². The van der Waals surface area contributed by atoms with E-state index >= 15 is 0 Å². The molecular formula is C14H18Br2ClNO. The Labute approximate surface area is 136 Å². The molecule has 0 aliphatic carbocycles. The van der Waals surface area contributed by atoms with Gasteiger partial charge in [-0.15, -0.1) is 0 Å². The fourth-order valence-corrected chi connectivity index (χ4v) is 3.36. The molecule has 0 atom stereocenters. The molecule has 1 aromatic rings. The summed E-state index contributed by atoms with van der Waals surface area (Å²) in [5.74, 6) is 0.0383. The minimum atomic E-state index is 0.0383. The van der Waals surface area contributed by atoms with Crippen LogP contribution in [-0.4, -0.2) is 28.7 Å². The van der Waals surface area contributed by atoms with Crippen LogP contribution in [0.25, 0.3) is 0 Å². The van der Waals surface area contributed by atoms with Crippen LogP contribution in [0.5, 0.6) is 0 Å². The number of amides is 1. The molecule has 0 aromatic heterocycles. The number of carbonyl (C=O) groups excluding carboxylic acids is 1. The van der Waals surface area contributed by atoms with Crippen LogP contribution in [0.15, 0.2) is 22.7 Å². The second-order valence-corrected chi connectivity index (χ2v) is 6.46. The van der Waals surface area contributed by atoms with Crippen LogP contribution < -0.4 is 0 Å². The molecule has 0 saturated heterocycles. The lowest BCUT2D eigenvalue weighted by Crippen LogP contribution is -2.41. The molecule has 0 aliphatic heterocycles. The predicted molar refractivity (Wildman–Crippen MR) is 88.4 cm³/mol. The SMILES string of the molecule is CCC(CC)N(CCBr)C(=O)c1cc(Cl)cc(Br)c1. The molecule has 0 fully saturated rings. The molecule has 0 radical (unpaired) electrons. The van der Waals surface area contributed by atoms with E-state index in [4.69, 9.17) is 11.6 Å². The fraction of sp³-hybridized carbons (Fsp3) is 0.500. The Hall–Kier alpha value is -0.0600. The lowest BCUT2D eigenvalue weighted by atomic mass is 10.1. The van der Waals surface area contributed by atoms with Crippen molar-refractivity contribution in [2.45, 2.75) is 32.7 Å².